The van der Waals surface area contributed by atoms with Crippen LogP contribution >= 0.6 is 15.9 Å². The smallest absolute Gasteiger partial charge is 0.219 e. The van der Waals surface area contributed by atoms with E-state index in [2.05, 4.69) is 32.9 Å². The van der Waals surface area contributed by atoms with Crippen molar-refractivity contribution in [3.05, 3.63) is 58.8 Å². The fourth-order valence-corrected chi connectivity index (χ4v) is 2.76. The molecule has 0 aliphatic carbocycles. The molecule has 0 radical (unpaired) electrons. The Labute approximate surface area is 168 Å². The summed E-state index contributed by atoms with van der Waals surface area (Å²) >= 11 is 3.48. The third kappa shape index (κ3) is 5.47. The van der Waals surface area contributed by atoms with E-state index in [0.29, 0.717) is 24.2 Å². The summed E-state index contributed by atoms with van der Waals surface area (Å²) in [6, 6.07) is 7.08. The molecule has 1 aromatic heterocycles. The number of hydrogen-bond donors (Lipinski definition) is 2. The van der Waals surface area contributed by atoms with Gasteiger partial charge in [0.15, 0.2) is 0 Å². The van der Waals surface area contributed by atoms with Gasteiger partial charge in [0.05, 0.1) is 16.4 Å². The molecule has 0 bridgehead atoms. The van der Waals surface area contributed by atoms with Crippen LogP contribution in [0.25, 0.3) is 11.4 Å². The van der Waals surface area contributed by atoms with Gasteiger partial charge in [0.2, 0.25) is 5.91 Å². The van der Waals surface area contributed by atoms with Crippen molar-refractivity contribution in [1.82, 2.24) is 20.0 Å². The molecular formula is C20H25BrN4O2. The highest BCUT2D eigenvalue weighted by atomic mass is 79.9. The molecule has 2 rings (SSSR count). The second-order valence-corrected chi connectivity index (χ2v) is 7.14. The molecule has 0 spiro atoms. The summed E-state index contributed by atoms with van der Waals surface area (Å²) in [6.07, 6.45) is 4.38. The molecule has 0 fully saturated rings. The number of phenolic OH excluding ortho intramolecular Hbond substituents is 1. The zero-order chi connectivity index (χ0) is 20.0. The molecule has 1 heterocycles. The Balaban J connectivity index is 2.20. The lowest BCUT2D eigenvalue weighted by molar-refractivity contribution is -0.127. The highest BCUT2D eigenvalue weighted by Gasteiger charge is 2.11. The number of hydrogen-bond acceptors (Lipinski definition) is 4. The van der Waals surface area contributed by atoms with Gasteiger partial charge in [-0.25, -0.2) is 4.68 Å². The zero-order valence-corrected chi connectivity index (χ0v) is 17.5. The molecule has 0 saturated carbocycles. The van der Waals surface area contributed by atoms with Gasteiger partial charge >= 0.3 is 0 Å². The first kappa shape index (κ1) is 20.8. The quantitative estimate of drug-likeness (QED) is 0.493. The van der Waals surface area contributed by atoms with Gasteiger partial charge in [-0.15, -0.1) is 0 Å². The van der Waals surface area contributed by atoms with Crippen molar-refractivity contribution < 1.29 is 9.90 Å². The summed E-state index contributed by atoms with van der Waals surface area (Å²) in [5.74, 6) is 0.974. The number of aromatic hydroxyl groups is 1. The Morgan fingerprint density at radius 2 is 2.15 bits per heavy atom. The van der Waals surface area contributed by atoms with Crippen LogP contribution in [-0.2, 0) is 4.79 Å². The highest BCUT2D eigenvalue weighted by Crippen LogP contribution is 2.26. The molecule has 7 heteroatoms. The average Bonchev–Trinajstić information content (AvgIpc) is 2.96. The number of halogens is 1. The van der Waals surface area contributed by atoms with Gasteiger partial charge in [0.25, 0.3) is 0 Å². The second-order valence-electron chi connectivity index (χ2n) is 6.28. The molecule has 0 aliphatic heterocycles. The van der Waals surface area contributed by atoms with Crippen LogP contribution in [0.4, 0.5) is 0 Å². The SMILES string of the molecule is C=C(/C=C(/NCCCN(C)C(C)=O)n1ncc(Br)c1C)c1ccccc1O. The molecule has 1 amide bonds. The lowest BCUT2D eigenvalue weighted by atomic mass is 10.1. The van der Waals surface area contributed by atoms with E-state index in [1.165, 1.54) is 0 Å². The van der Waals surface area contributed by atoms with Gasteiger partial charge in [-0.05, 0) is 47.0 Å². The van der Waals surface area contributed by atoms with E-state index in [1.54, 1.807) is 41.9 Å². The number of nitrogens with zero attached hydrogens (tertiary/aromatic N) is 3. The maximum atomic E-state index is 11.3. The molecule has 0 atom stereocenters. The molecule has 2 aromatic rings. The van der Waals surface area contributed by atoms with Crippen molar-refractivity contribution in [3.8, 4) is 5.75 Å². The van der Waals surface area contributed by atoms with Crippen molar-refractivity contribution >= 4 is 33.2 Å². The van der Waals surface area contributed by atoms with Crippen LogP contribution in [0.5, 0.6) is 5.75 Å². The van der Waals surface area contributed by atoms with Gasteiger partial charge in [-0.1, -0.05) is 24.8 Å². The molecule has 0 aliphatic rings. The summed E-state index contributed by atoms with van der Waals surface area (Å²) in [7, 11) is 1.79. The first-order chi connectivity index (χ1) is 12.8. The van der Waals surface area contributed by atoms with E-state index >= 15 is 0 Å². The molecule has 2 N–H and O–H groups in total. The Kier molecular flexibility index (Phi) is 7.24. The van der Waals surface area contributed by atoms with Crippen LogP contribution in [0.15, 0.2) is 47.6 Å². The van der Waals surface area contributed by atoms with E-state index < -0.39 is 0 Å². The van der Waals surface area contributed by atoms with Crippen molar-refractivity contribution in [1.29, 1.82) is 0 Å². The van der Waals surface area contributed by atoms with Crippen molar-refractivity contribution in [2.45, 2.75) is 20.3 Å². The van der Waals surface area contributed by atoms with E-state index in [4.69, 9.17) is 0 Å². The summed E-state index contributed by atoms with van der Waals surface area (Å²) in [5.41, 5.74) is 2.28. The predicted octanol–water partition coefficient (Wildman–Crippen LogP) is 3.63. The minimum absolute atomic E-state index is 0.0468. The Morgan fingerprint density at radius 3 is 2.74 bits per heavy atom. The maximum absolute atomic E-state index is 11.3. The summed E-state index contributed by atoms with van der Waals surface area (Å²) in [5, 5.41) is 17.8. The van der Waals surface area contributed by atoms with E-state index in [9.17, 15) is 9.90 Å². The standard InChI is InChI=1S/C20H25BrN4O2/c1-14(17-8-5-6-9-19(17)27)12-20(25-15(2)18(21)13-23-25)22-10-7-11-24(4)16(3)26/h5-6,8-9,12-13,22,27H,1,7,10-11H2,2-4H3/b20-12-. The minimum atomic E-state index is 0.0468. The Hall–Kier alpha value is -2.54. The van der Waals surface area contributed by atoms with Gasteiger partial charge in [-0.3, -0.25) is 4.79 Å². The largest absolute Gasteiger partial charge is 0.507 e. The molecule has 1 aromatic carbocycles. The molecule has 6 nitrogen and oxygen atoms in total. The minimum Gasteiger partial charge on any atom is -0.507 e. The van der Waals surface area contributed by atoms with Crippen LogP contribution in [0.1, 0.15) is 24.6 Å². The average molecular weight is 433 g/mol. The lowest BCUT2D eigenvalue weighted by Gasteiger charge is -2.17. The van der Waals surface area contributed by atoms with Crippen molar-refractivity contribution in [2.75, 3.05) is 20.1 Å². The fraction of sp³-hybridized carbons (Fsp3) is 0.300. The fourth-order valence-electron chi connectivity index (χ4n) is 2.50. The summed E-state index contributed by atoms with van der Waals surface area (Å²) in [4.78, 5) is 13.0. The topological polar surface area (TPSA) is 70.4 Å². The molecule has 27 heavy (non-hydrogen) atoms. The summed E-state index contributed by atoms with van der Waals surface area (Å²) < 4.78 is 2.68. The third-order valence-corrected chi connectivity index (χ3v) is 5.03. The van der Waals surface area contributed by atoms with Gasteiger partial charge in [0.1, 0.15) is 11.6 Å². The van der Waals surface area contributed by atoms with Gasteiger partial charge in [-0.2, -0.15) is 5.10 Å². The first-order valence-corrected chi connectivity index (χ1v) is 9.45. The van der Waals surface area contributed by atoms with Crippen molar-refractivity contribution in [2.24, 2.45) is 0 Å². The second kappa shape index (κ2) is 9.41. The van der Waals surface area contributed by atoms with Gasteiger partial charge in [0, 0.05) is 32.6 Å². The predicted molar refractivity (Wildman–Crippen MR) is 112 cm³/mol. The molecular weight excluding hydrogens is 408 g/mol. The number of phenols is 1. The monoisotopic (exact) mass is 432 g/mol. The molecule has 0 saturated heterocycles. The number of carbonyl (C=O) groups excluding carboxylic acids is 1. The number of rotatable bonds is 8. The van der Waals surface area contributed by atoms with Gasteiger partial charge < -0.3 is 15.3 Å². The van der Waals surface area contributed by atoms with E-state index in [0.717, 1.165) is 22.4 Å². The van der Waals surface area contributed by atoms with Crippen LogP contribution in [0.3, 0.4) is 0 Å². The van der Waals surface area contributed by atoms with Crippen LogP contribution in [-0.4, -0.2) is 45.8 Å². The number of benzene rings is 1. The Bertz CT molecular complexity index is 857. The third-order valence-electron chi connectivity index (χ3n) is 4.25. The van der Waals surface area contributed by atoms with Crippen LogP contribution in [0.2, 0.25) is 0 Å². The number of aromatic nitrogens is 2. The number of carbonyl (C=O) groups is 1. The maximum Gasteiger partial charge on any atom is 0.219 e. The normalized spacial score (nSPS) is 11.3. The number of amides is 1. The van der Waals surface area contributed by atoms with Crippen molar-refractivity contribution in [3.63, 3.8) is 0 Å². The van der Waals surface area contributed by atoms with Crippen LogP contribution < -0.4 is 5.32 Å². The number of allylic oxidation sites excluding steroid dienone is 2. The van der Waals surface area contributed by atoms with Crippen LogP contribution in [0, 0.1) is 6.92 Å². The van der Waals surface area contributed by atoms with E-state index in [-0.39, 0.29) is 11.7 Å². The van der Waals surface area contributed by atoms with E-state index in [1.807, 2.05) is 25.1 Å². The Morgan fingerprint density at radius 1 is 1.44 bits per heavy atom. The number of para-hydroxylation sites is 1. The number of nitrogens with one attached hydrogen (secondary N) is 1. The molecule has 0 unspecified atom stereocenters. The lowest BCUT2D eigenvalue weighted by Crippen LogP contribution is -2.28. The highest BCUT2D eigenvalue weighted by molar-refractivity contribution is 9.10. The zero-order valence-electron chi connectivity index (χ0n) is 15.9. The summed E-state index contributed by atoms with van der Waals surface area (Å²) in [6.45, 7) is 8.92. The molecule has 144 valence electrons. The first-order valence-electron chi connectivity index (χ1n) is 8.66.